The van der Waals surface area contributed by atoms with E-state index in [4.69, 9.17) is 15.4 Å². The van der Waals surface area contributed by atoms with Crippen molar-refractivity contribution in [3.8, 4) is 0 Å². The molecule has 0 saturated carbocycles. The number of nitrogens with zero attached hydrogens (tertiary/aromatic N) is 1. The number of nitrogens with two attached hydrogens (primary N) is 1. The molecule has 1 atom stereocenters. The van der Waals surface area contributed by atoms with Gasteiger partial charge in [0.2, 0.25) is 5.91 Å². The van der Waals surface area contributed by atoms with Crippen LogP contribution in [0, 0.1) is 6.92 Å². The first-order chi connectivity index (χ1) is 8.88. The van der Waals surface area contributed by atoms with Crippen molar-refractivity contribution in [3.63, 3.8) is 0 Å². The van der Waals surface area contributed by atoms with Crippen LogP contribution in [0.5, 0.6) is 0 Å². The normalized spacial score (nSPS) is 11.6. The molecule has 1 aromatic rings. The Kier molecular flexibility index (Phi) is 4.86. The number of urea groups is 1. The van der Waals surface area contributed by atoms with Gasteiger partial charge in [-0.05, 0) is 6.92 Å². The molecule has 1 heterocycles. The zero-order valence-electron chi connectivity index (χ0n) is 10.2. The van der Waals surface area contributed by atoms with Crippen LogP contribution >= 0.6 is 0 Å². The number of carboxylic acid groups (broad SMARTS) is 1. The Balaban J connectivity index is 2.44. The molecule has 0 aliphatic carbocycles. The number of carbonyl (C=O) groups excluding carboxylic acids is 2. The number of rotatable bonds is 6. The molecule has 0 aromatic carbocycles. The maximum Gasteiger partial charge on any atom is 0.326 e. The van der Waals surface area contributed by atoms with Gasteiger partial charge in [-0.3, -0.25) is 4.79 Å². The number of carboxylic acids is 1. The highest BCUT2D eigenvalue weighted by Crippen LogP contribution is 2.01. The number of aromatic nitrogens is 1. The summed E-state index contributed by atoms with van der Waals surface area (Å²) < 4.78 is 4.85. The molecule has 0 aliphatic rings. The number of hydrogen-bond donors (Lipinski definition) is 4. The molecule has 1 rings (SSSR count). The average Bonchev–Trinajstić information content (AvgIpc) is 2.71. The minimum absolute atomic E-state index is 0.0512. The zero-order chi connectivity index (χ0) is 14.4. The largest absolute Gasteiger partial charge is 0.480 e. The number of aryl methyl sites for hydroxylation is 1. The third kappa shape index (κ3) is 5.06. The summed E-state index contributed by atoms with van der Waals surface area (Å²) in [6.07, 6.45) is -0.482. The SMILES string of the molecule is Cc1cc(CNC(=O)N[C@@H](CC(N)=O)C(=O)O)on1. The van der Waals surface area contributed by atoms with Gasteiger partial charge in [0.15, 0.2) is 5.76 Å². The van der Waals surface area contributed by atoms with E-state index in [0.717, 1.165) is 0 Å². The van der Waals surface area contributed by atoms with Crippen LogP contribution in [0.4, 0.5) is 4.79 Å². The molecular weight excluding hydrogens is 256 g/mol. The quantitative estimate of drug-likeness (QED) is 0.527. The lowest BCUT2D eigenvalue weighted by Crippen LogP contribution is -2.47. The van der Waals surface area contributed by atoms with Gasteiger partial charge in [-0.15, -0.1) is 0 Å². The number of primary amides is 1. The van der Waals surface area contributed by atoms with Crippen molar-refractivity contribution in [1.82, 2.24) is 15.8 Å². The molecule has 0 aliphatic heterocycles. The Labute approximate surface area is 108 Å². The van der Waals surface area contributed by atoms with E-state index in [0.29, 0.717) is 11.5 Å². The first kappa shape index (κ1) is 14.5. The lowest BCUT2D eigenvalue weighted by atomic mass is 10.2. The fourth-order valence-corrected chi connectivity index (χ4v) is 1.28. The minimum atomic E-state index is -1.37. The summed E-state index contributed by atoms with van der Waals surface area (Å²) in [5.74, 6) is -1.74. The molecular formula is C10H14N4O5. The zero-order valence-corrected chi connectivity index (χ0v) is 10.2. The Morgan fingerprint density at radius 1 is 1.53 bits per heavy atom. The van der Waals surface area contributed by atoms with E-state index in [1.165, 1.54) is 0 Å². The summed E-state index contributed by atoms with van der Waals surface area (Å²) >= 11 is 0. The van der Waals surface area contributed by atoms with Gasteiger partial charge in [0.05, 0.1) is 18.7 Å². The van der Waals surface area contributed by atoms with Crippen molar-refractivity contribution in [2.45, 2.75) is 25.9 Å². The van der Waals surface area contributed by atoms with Crippen molar-refractivity contribution in [3.05, 3.63) is 17.5 Å². The fourth-order valence-electron chi connectivity index (χ4n) is 1.28. The average molecular weight is 270 g/mol. The van der Waals surface area contributed by atoms with Gasteiger partial charge in [0, 0.05) is 6.07 Å². The standard InChI is InChI=1S/C10H14N4O5/c1-5-2-6(19-14-5)4-12-10(18)13-7(9(16)17)3-8(11)15/h2,7H,3-4H2,1H3,(H2,11,15)(H,16,17)(H2,12,13,18)/t7-/m0/s1. The molecule has 9 heteroatoms. The fraction of sp³-hybridized carbons (Fsp3) is 0.400. The van der Waals surface area contributed by atoms with E-state index in [-0.39, 0.29) is 6.54 Å². The van der Waals surface area contributed by atoms with Crippen molar-refractivity contribution < 1.29 is 24.0 Å². The van der Waals surface area contributed by atoms with Crippen molar-refractivity contribution in [1.29, 1.82) is 0 Å². The molecule has 0 radical (unpaired) electrons. The van der Waals surface area contributed by atoms with Gasteiger partial charge in [-0.25, -0.2) is 9.59 Å². The number of carbonyl (C=O) groups is 3. The van der Waals surface area contributed by atoms with Crippen LogP contribution in [-0.4, -0.2) is 34.2 Å². The Bertz CT molecular complexity index is 484. The summed E-state index contributed by atoms with van der Waals surface area (Å²) in [6, 6.07) is -0.491. The number of aliphatic carboxylic acids is 1. The van der Waals surface area contributed by atoms with E-state index < -0.39 is 30.4 Å². The molecule has 0 spiro atoms. The second kappa shape index (κ2) is 6.38. The van der Waals surface area contributed by atoms with Crippen molar-refractivity contribution >= 4 is 17.9 Å². The minimum Gasteiger partial charge on any atom is -0.480 e. The van der Waals surface area contributed by atoms with E-state index >= 15 is 0 Å². The summed E-state index contributed by atoms with van der Waals surface area (Å²) in [7, 11) is 0. The van der Waals surface area contributed by atoms with Crippen LogP contribution in [0.25, 0.3) is 0 Å². The predicted molar refractivity (Wildman–Crippen MR) is 61.8 cm³/mol. The Morgan fingerprint density at radius 2 is 2.21 bits per heavy atom. The predicted octanol–water partition coefficient (Wildman–Crippen LogP) is -0.889. The molecule has 1 aromatic heterocycles. The van der Waals surface area contributed by atoms with Gasteiger partial charge in [-0.2, -0.15) is 0 Å². The van der Waals surface area contributed by atoms with Crippen molar-refractivity contribution in [2.75, 3.05) is 0 Å². The highest BCUT2D eigenvalue weighted by molar-refractivity contribution is 5.87. The summed E-state index contributed by atoms with van der Waals surface area (Å²) in [4.78, 5) is 32.8. The first-order valence-corrected chi connectivity index (χ1v) is 5.36. The highest BCUT2D eigenvalue weighted by Gasteiger charge is 2.22. The van der Waals surface area contributed by atoms with E-state index in [1.54, 1.807) is 13.0 Å². The molecule has 0 unspecified atom stereocenters. The lowest BCUT2D eigenvalue weighted by Gasteiger charge is -2.12. The second-order valence-electron chi connectivity index (χ2n) is 3.82. The smallest absolute Gasteiger partial charge is 0.326 e. The Morgan fingerprint density at radius 3 is 2.68 bits per heavy atom. The molecule has 0 saturated heterocycles. The summed E-state index contributed by atoms with van der Waals surface area (Å²) in [5.41, 5.74) is 5.54. The lowest BCUT2D eigenvalue weighted by molar-refractivity contribution is -0.140. The maximum atomic E-state index is 11.4. The van der Waals surface area contributed by atoms with Gasteiger partial charge in [0.1, 0.15) is 6.04 Å². The maximum absolute atomic E-state index is 11.4. The van der Waals surface area contributed by atoms with Gasteiger partial charge >= 0.3 is 12.0 Å². The monoisotopic (exact) mass is 270 g/mol. The van der Waals surface area contributed by atoms with Gasteiger partial charge in [-0.1, -0.05) is 5.16 Å². The second-order valence-corrected chi connectivity index (χ2v) is 3.82. The third-order valence-corrected chi connectivity index (χ3v) is 2.11. The number of nitrogens with one attached hydrogen (secondary N) is 2. The van der Waals surface area contributed by atoms with Gasteiger partial charge in [0.25, 0.3) is 0 Å². The Hall–Kier alpha value is -2.58. The summed E-state index contributed by atoms with van der Waals surface area (Å²) in [5, 5.41) is 16.9. The first-order valence-electron chi connectivity index (χ1n) is 5.36. The molecule has 104 valence electrons. The van der Waals surface area contributed by atoms with Crippen LogP contribution in [-0.2, 0) is 16.1 Å². The number of hydrogen-bond acceptors (Lipinski definition) is 5. The van der Waals surface area contributed by atoms with Crippen molar-refractivity contribution in [2.24, 2.45) is 5.73 Å². The topological polar surface area (TPSA) is 148 Å². The molecule has 19 heavy (non-hydrogen) atoms. The number of amides is 3. The molecule has 0 bridgehead atoms. The van der Waals surface area contributed by atoms with Crippen LogP contribution in [0.2, 0.25) is 0 Å². The molecule has 0 fully saturated rings. The molecule has 5 N–H and O–H groups in total. The van der Waals surface area contributed by atoms with Crippen LogP contribution in [0.15, 0.2) is 10.6 Å². The van der Waals surface area contributed by atoms with Gasteiger partial charge < -0.3 is 26.0 Å². The van der Waals surface area contributed by atoms with E-state index in [1.807, 2.05) is 0 Å². The third-order valence-electron chi connectivity index (χ3n) is 2.11. The van der Waals surface area contributed by atoms with Crippen LogP contribution in [0.1, 0.15) is 17.9 Å². The molecule has 3 amide bonds. The van der Waals surface area contributed by atoms with Crippen LogP contribution in [0.3, 0.4) is 0 Å². The van der Waals surface area contributed by atoms with E-state index in [2.05, 4.69) is 15.8 Å². The van der Waals surface area contributed by atoms with Crippen LogP contribution < -0.4 is 16.4 Å². The van der Waals surface area contributed by atoms with E-state index in [9.17, 15) is 14.4 Å². The highest BCUT2D eigenvalue weighted by atomic mass is 16.5. The molecule has 9 nitrogen and oxygen atoms in total. The summed E-state index contributed by atoms with van der Waals surface area (Å²) in [6.45, 7) is 1.77.